The molecule has 5 rings (SSSR count). The summed E-state index contributed by atoms with van der Waals surface area (Å²) in [6.07, 6.45) is 6.67. The van der Waals surface area contributed by atoms with Gasteiger partial charge in [0.1, 0.15) is 11.2 Å². The number of pyridine rings is 1. The number of anilines is 1. The Morgan fingerprint density at radius 3 is 2.68 bits per heavy atom. The van der Waals surface area contributed by atoms with Gasteiger partial charge in [-0.05, 0) is 19.2 Å². The van der Waals surface area contributed by atoms with Crippen molar-refractivity contribution in [2.75, 3.05) is 38.1 Å². The number of rotatable bonds is 4. The number of piperazine rings is 1. The lowest BCUT2D eigenvalue weighted by molar-refractivity contribution is 0.312. The lowest BCUT2D eigenvalue weighted by Gasteiger charge is -2.33. The van der Waals surface area contributed by atoms with E-state index in [0.29, 0.717) is 17.1 Å². The molecule has 1 fully saturated rings. The zero-order chi connectivity index (χ0) is 21.4. The molecule has 1 aliphatic heterocycles. The van der Waals surface area contributed by atoms with Gasteiger partial charge >= 0.3 is 0 Å². The fraction of sp³-hybridized carbons (Fsp3) is 0.227. The predicted octanol–water partition coefficient (Wildman–Crippen LogP) is 3.55. The third-order valence-electron chi connectivity index (χ3n) is 5.50. The van der Waals surface area contributed by atoms with E-state index in [0.717, 1.165) is 49.1 Å². The molecule has 0 unspecified atom stereocenters. The number of aromatic nitrogens is 5. The molecule has 0 saturated carbocycles. The number of hydrogen-bond acceptors (Lipinski definition) is 5. The first-order valence-corrected chi connectivity index (χ1v) is 10.0. The Kier molecular flexibility index (Phi) is 4.95. The van der Waals surface area contributed by atoms with Crippen molar-refractivity contribution in [1.29, 1.82) is 0 Å². The number of imidazole rings is 1. The molecule has 31 heavy (non-hydrogen) atoms. The maximum Gasteiger partial charge on any atom is 0.166 e. The Morgan fingerprint density at radius 2 is 1.84 bits per heavy atom. The van der Waals surface area contributed by atoms with Gasteiger partial charge in [-0.1, -0.05) is 24.3 Å². The Hall–Kier alpha value is -3.59. The topological polar surface area (TPSA) is 76.7 Å². The number of aromatic amines is 2. The van der Waals surface area contributed by atoms with E-state index in [1.165, 1.54) is 18.2 Å². The Bertz CT molecular complexity index is 1250. The molecule has 0 bridgehead atoms. The van der Waals surface area contributed by atoms with Gasteiger partial charge < -0.3 is 14.8 Å². The molecule has 0 amide bonds. The van der Waals surface area contributed by atoms with Crippen LogP contribution in [0.15, 0.2) is 36.7 Å². The molecular formula is C22H21F2N7. The Labute approximate surface area is 177 Å². The lowest BCUT2D eigenvalue weighted by atomic mass is 10.1. The molecular weight excluding hydrogens is 400 g/mol. The van der Waals surface area contributed by atoms with Crippen LogP contribution in [0.3, 0.4) is 0 Å². The third kappa shape index (κ3) is 3.68. The van der Waals surface area contributed by atoms with Gasteiger partial charge in [0.25, 0.3) is 0 Å². The van der Waals surface area contributed by atoms with Crippen molar-refractivity contribution in [3.05, 3.63) is 59.4 Å². The number of H-pyrrole nitrogens is 2. The minimum atomic E-state index is -0.879. The highest BCUT2D eigenvalue weighted by Gasteiger charge is 2.20. The van der Waals surface area contributed by atoms with Crippen LogP contribution in [-0.4, -0.2) is 63.3 Å². The van der Waals surface area contributed by atoms with Crippen molar-refractivity contribution in [2.24, 2.45) is 0 Å². The molecule has 2 N–H and O–H groups in total. The molecule has 1 aromatic carbocycles. The van der Waals surface area contributed by atoms with Crippen molar-refractivity contribution in [2.45, 2.75) is 0 Å². The van der Waals surface area contributed by atoms with Gasteiger partial charge in [0.2, 0.25) is 0 Å². The molecule has 1 aliphatic rings. The summed E-state index contributed by atoms with van der Waals surface area (Å²) in [7, 11) is 2.11. The molecule has 1 saturated heterocycles. The van der Waals surface area contributed by atoms with Crippen LogP contribution in [0.2, 0.25) is 0 Å². The van der Waals surface area contributed by atoms with Crippen molar-refractivity contribution in [3.63, 3.8) is 0 Å². The number of nitrogens with one attached hydrogen (secondary N) is 2. The van der Waals surface area contributed by atoms with E-state index in [-0.39, 0.29) is 5.56 Å². The second-order valence-electron chi connectivity index (χ2n) is 7.57. The van der Waals surface area contributed by atoms with Crippen LogP contribution in [0.5, 0.6) is 0 Å². The first-order valence-electron chi connectivity index (χ1n) is 10.0. The molecule has 0 atom stereocenters. The van der Waals surface area contributed by atoms with E-state index in [1.807, 2.05) is 6.07 Å². The average Bonchev–Trinajstić information content (AvgIpc) is 3.41. The fourth-order valence-electron chi connectivity index (χ4n) is 3.73. The molecule has 3 aromatic heterocycles. The van der Waals surface area contributed by atoms with E-state index >= 15 is 0 Å². The zero-order valence-corrected chi connectivity index (χ0v) is 16.9. The number of fused-ring (bicyclic) bond motifs is 1. The zero-order valence-electron chi connectivity index (χ0n) is 16.9. The number of nitrogens with zero attached hydrogens (tertiary/aromatic N) is 5. The van der Waals surface area contributed by atoms with Gasteiger partial charge in [0.15, 0.2) is 23.3 Å². The minimum absolute atomic E-state index is 0.165. The molecule has 0 radical (unpaired) electrons. The second kappa shape index (κ2) is 7.92. The first kappa shape index (κ1) is 19.4. The molecule has 4 heterocycles. The average molecular weight is 421 g/mol. The summed E-state index contributed by atoms with van der Waals surface area (Å²) in [6, 6.07) is 5.97. The first-order chi connectivity index (χ1) is 15.1. The maximum atomic E-state index is 14.0. The largest absolute Gasteiger partial charge is 0.352 e. The van der Waals surface area contributed by atoms with E-state index in [4.69, 9.17) is 4.98 Å². The van der Waals surface area contributed by atoms with Crippen LogP contribution < -0.4 is 4.90 Å². The van der Waals surface area contributed by atoms with Crippen LogP contribution >= 0.6 is 0 Å². The van der Waals surface area contributed by atoms with Gasteiger partial charge in [-0.3, -0.25) is 5.10 Å². The van der Waals surface area contributed by atoms with Crippen LogP contribution in [0.4, 0.5) is 14.6 Å². The van der Waals surface area contributed by atoms with E-state index < -0.39 is 11.6 Å². The smallest absolute Gasteiger partial charge is 0.166 e. The fourth-order valence-corrected chi connectivity index (χ4v) is 3.73. The number of benzene rings is 1. The summed E-state index contributed by atoms with van der Waals surface area (Å²) < 4.78 is 27.4. The van der Waals surface area contributed by atoms with Crippen LogP contribution in [0.25, 0.3) is 34.7 Å². The molecule has 0 spiro atoms. The molecule has 7 nitrogen and oxygen atoms in total. The molecule has 0 aliphatic carbocycles. The van der Waals surface area contributed by atoms with Gasteiger partial charge in [-0.2, -0.15) is 5.10 Å². The van der Waals surface area contributed by atoms with E-state index in [2.05, 4.69) is 37.0 Å². The number of hydrogen-bond donors (Lipinski definition) is 2. The predicted molar refractivity (Wildman–Crippen MR) is 116 cm³/mol. The summed E-state index contributed by atoms with van der Waals surface area (Å²) in [6.45, 7) is 3.72. The Balaban J connectivity index is 1.49. The highest BCUT2D eigenvalue weighted by atomic mass is 19.2. The highest BCUT2D eigenvalue weighted by Crippen LogP contribution is 2.28. The van der Waals surface area contributed by atoms with E-state index in [9.17, 15) is 8.78 Å². The summed E-state index contributed by atoms with van der Waals surface area (Å²) in [5.74, 6) is -0.326. The van der Waals surface area contributed by atoms with Crippen LogP contribution in [0, 0.1) is 11.6 Å². The summed E-state index contributed by atoms with van der Waals surface area (Å²) in [5, 5.41) is 7.13. The van der Waals surface area contributed by atoms with Crippen molar-refractivity contribution < 1.29 is 8.78 Å². The highest BCUT2D eigenvalue weighted by molar-refractivity contribution is 5.89. The SMILES string of the molecule is CN1CCN(c2nccc3[nH]c(-c4n[nH]cc4/C=C/c4cccc(F)c4F)nc23)CC1. The molecule has 158 valence electrons. The summed E-state index contributed by atoms with van der Waals surface area (Å²) >= 11 is 0. The van der Waals surface area contributed by atoms with E-state index in [1.54, 1.807) is 18.5 Å². The van der Waals surface area contributed by atoms with Crippen molar-refractivity contribution >= 4 is 29.0 Å². The van der Waals surface area contributed by atoms with Gasteiger partial charge in [0, 0.05) is 49.7 Å². The maximum absolute atomic E-state index is 14.0. The normalized spacial score (nSPS) is 15.4. The second-order valence-corrected chi connectivity index (χ2v) is 7.57. The monoisotopic (exact) mass is 421 g/mol. The lowest BCUT2D eigenvalue weighted by Crippen LogP contribution is -2.44. The van der Waals surface area contributed by atoms with Crippen molar-refractivity contribution in [3.8, 4) is 11.5 Å². The quantitative estimate of drug-likeness (QED) is 0.527. The third-order valence-corrected chi connectivity index (χ3v) is 5.50. The van der Waals surface area contributed by atoms with Crippen LogP contribution in [-0.2, 0) is 0 Å². The van der Waals surface area contributed by atoms with Gasteiger partial charge in [0.05, 0.1) is 5.52 Å². The number of halogens is 2. The van der Waals surface area contributed by atoms with Gasteiger partial charge in [-0.25, -0.2) is 18.7 Å². The summed E-state index contributed by atoms with van der Waals surface area (Å²) in [5.41, 5.74) is 3.12. The summed E-state index contributed by atoms with van der Waals surface area (Å²) in [4.78, 5) is 17.2. The van der Waals surface area contributed by atoms with Crippen LogP contribution in [0.1, 0.15) is 11.1 Å². The molecule has 4 aromatic rings. The Morgan fingerprint density at radius 1 is 1.03 bits per heavy atom. The van der Waals surface area contributed by atoms with Gasteiger partial charge in [-0.15, -0.1) is 0 Å². The van der Waals surface area contributed by atoms with Crippen molar-refractivity contribution in [1.82, 2.24) is 30.0 Å². The number of likely N-dealkylation sites (N-methyl/N-ethyl adjacent to an activating group) is 1. The minimum Gasteiger partial charge on any atom is -0.352 e. The standard InChI is InChI=1S/C22H21F2N7/c1-30-9-11-31(12-10-30)22-20-17(7-8-25-22)27-21(28-20)19-15(13-26-29-19)6-5-14-3-2-4-16(23)18(14)24/h2-8,13H,9-12H2,1H3,(H,26,29)(H,27,28)/b6-5+. The molecule has 9 heteroatoms.